The molecule has 2 aliphatic carbocycles. The van der Waals surface area contributed by atoms with Gasteiger partial charge in [-0.3, -0.25) is 14.4 Å². The number of carbonyl (C=O) groups is 3. The third-order valence-corrected chi connectivity index (χ3v) is 9.31. The average molecular weight is 524 g/mol. The molecular formula is C30H37NO7. The van der Waals surface area contributed by atoms with Crippen LogP contribution in [0.1, 0.15) is 39.7 Å². The summed E-state index contributed by atoms with van der Waals surface area (Å²) in [6.45, 7) is 10.6. The third-order valence-electron chi connectivity index (χ3n) is 9.31. The van der Waals surface area contributed by atoms with Gasteiger partial charge in [-0.1, -0.05) is 62.9 Å². The van der Waals surface area contributed by atoms with Gasteiger partial charge < -0.3 is 25.0 Å². The number of hydrogen-bond donors (Lipinski definition) is 3. The summed E-state index contributed by atoms with van der Waals surface area (Å²) < 4.78 is 11.9. The van der Waals surface area contributed by atoms with E-state index in [0.717, 1.165) is 5.56 Å². The van der Waals surface area contributed by atoms with Crippen LogP contribution >= 0.6 is 0 Å². The molecule has 1 amide bonds. The molecule has 3 fully saturated rings. The van der Waals surface area contributed by atoms with Crippen molar-refractivity contribution < 1.29 is 34.1 Å². The lowest BCUT2D eigenvalue weighted by molar-refractivity contribution is -0.175. The highest BCUT2D eigenvalue weighted by Crippen LogP contribution is 2.61. The Morgan fingerprint density at radius 3 is 2.58 bits per heavy atom. The maximum Gasteiger partial charge on any atom is 0.303 e. The minimum Gasteiger partial charge on any atom is -0.458 e. The molecule has 2 saturated heterocycles. The van der Waals surface area contributed by atoms with Crippen molar-refractivity contribution in [3.8, 4) is 0 Å². The van der Waals surface area contributed by atoms with Gasteiger partial charge in [0.25, 0.3) is 0 Å². The number of aliphatic hydroxyl groups is 2. The van der Waals surface area contributed by atoms with Crippen molar-refractivity contribution in [3.63, 3.8) is 0 Å². The van der Waals surface area contributed by atoms with E-state index in [2.05, 4.69) is 11.9 Å². The molecule has 4 aliphatic rings. The second kappa shape index (κ2) is 9.43. The number of esters is 1. The molecule has 1 saturated carbocycles. The first-order valence-electron chi connectivity index (χ1n) is 13.4. The van der Waals surface area contributed by atoms with Gasteiger partial charge in [0, 0.05) is 30.7 Å². The Balaban J connectivity index is 1.70. The predicted octanol–water partition coefficient (Wildman–Crippen LogP) is 2.13. The fraction of sp³-hybridized carbons (Fsp3) is 0.567. The van der Waals surface area contributed by atoms with Crippen molar-refractivity contribution in [2.45, 2.75) is 76.6 Å². The molecule has 1 aromatic carbocycles. The molecule has 8 heteroatoms. The lowest BCUT2D eigenvalue weighted by atomic mass is 9.51. The van der Waals surface area contributed by atoms with E-state index in [-0.39, 0.29) is 23.7 Å². The minimum absolute atomic E-state index is 0.302. The molecule has 2 heterocycles. The van der Waals surface area contributed by atoms with E-state index in [1.165, 1.54) is 13.8 Å². The second-order valence-corrected chi connectivity index (χ2v) is 11.7. The molecule has 204 valence electrons. The summed E-state index contributed by atoms with van der Waals surface area (Å²) in [6.07, 6.45) is 0.350. The molecule has 0 unspecified atom stereocenters. The molecule has 11 atom stereocenters. The van der Waals surface area contributed by atoms with E-state index in [9.17, 15) is 24.6 Å². The zero-order chi connectivity index (χ0) is 27.6. The van der Waals surface area contributed by atoms with Crippen LogP contribution in [-0.2, 0) is 30.3 Å². The normalized spacial score (nSPS) is 45.1. The maximum atomic E-state index is 14.3. The molecule has 8 nitrogen and oxygen atoms in total. The zero-order valence-electron chi connectivity index (χ0n) is 22.3. The zero-order valence-corrected chi connectivity index (χ0v) is 22.3. The van der Waals surface area contributed by atoms with Crippen molar-refractivity contribution in [2.75, 3.05) is 0 Å². The standard InChI is InChI=1S/C30H37NO7/c1-15-10-9-13-20-23(33)17(3)16(2)22-21(14-19-11-7-6-8-12-19)31-28(35)30(20,22)27(37-18(4)32)24-26(38-24)29(5,36)25(15)34/h6-9,11-13,15-16,20-24,26-27,33,36H,3,10,14H2,1-2,4-5H3,(H,31,35)/b13-9+/t15-,16+,20-,21-,22-,23+,24+,26-,27+,29-,30-/m0/s1. The fourth-order valence-corrected chi connectivity index (χ4v) is 7.41. The number of Topliss-reactive ketones (excluding diaryl/α,β-unsaturated/α-hetero) is 1. The summed E-state index contributed by atoms with van der Waals surface area (Å²) >= 11 is 0. The first-order valence-corrected chi connectivity index (χ1v) is 13.4. The summed E-state index contributed by atoms with van der Waals surface area (Å²) in [5.41, 5.74) is -1.60. The Labute approximate surface area is 223 Å². The number of benzene rings is 1. The number of rotatable bonds is 3. The van der Waals surface area contributed by atoms with Crippen molar-refractivity contribution >= 4 is 17.7 Å². The molecule has 38 heavy (non-hydrogen) atoms. The Bertz CT molecular complexity index is 1180. The van der Waals surface area contributed by atoms with Crippen molar-refractivity contribution in [3.05, 3.63) is 60.2 Å². The molecule has 0 bridgehead atoms. The quantitative estimate of drug-likeness (QED) is 0.315. The average Bonchev–Trinajstić information content (AvgIpc) is 3.62. The summed E-state index contributed by atoms with van der Waals surface area (Å²) in [7, 11) is 0. The Morgan fingerprint density at radius 1 is 1.24 bits per heavy atom. The summed E-state index contributed by atoms with van der Waals surface area (Å²) in [6, 6.07) is 9.48. The van der Waals surface area contributed by atoms with E-state index in [1.54, 1.807) is 19.1 Å². The number of ketones is 1. The van der Waals surface area contributed by atoms with E-state index < -0.39 is 59.2 Å². The number of aliphatic hydroxyl groups excluding tert-OH is 1. The predicted molar refractivity (Wildman–Crippen MR) is 139 cm³/mol. The molecule has 3 N–H and O–H groups in total. The molecule has 0 aromatic heterocycles. The largest absolute Gasteiger partial charge is 0.458 e. The van der Waals surface area contributed by atoms with E-state index in [1.807, 2.05) is 37.3 Å². The van der Waals surface area contributed by atoms with Crippen LogP contribution in [0.4, 0.5) is 0 Å². The number of fused-ring (bicyclic) bond motifs is 1. The van der Waals surface area contributed by atoms with Gasteiger partial charge in [0.15, 0.2) is 5.78 Å². The molecule has 1 aromatic rings. The number of nitrogens with one attached hydrogen (secondary N) is 1. The number of allylic oxidation sites excluding steroid dienone is 1. The monoisotopic (exact) mass is 523 g/mol. The van der Waals surface area contributed by atoms with Gasteiger partial charge in [0.05, 0.1) is 6.10 Å². The van der Waals surface area contributed by atoms with Crippen LogP contribution in [0, 0.1) is 29.1 Å². The van der Waals surface area contributed by atoms with Gasteiger partial charge in [-0.15, -0.1) is 0 Å². The number of hydrogen-bond acceptors (Lipinski definition) is 7. The number of epoxide rings is 1. The highest BCUT2D eigenvalue weighted by Gasteiger charge is 2.74. The van der Waals surface area contributed by atoms with Gasteiger partial charge >= 0.3 is 5.97 Å². The lowest BCUT2D eigenvalue weighted by Gasteiger charge is -2.52. The van der Waals surface area contributed by atoms with Crippen LogP contribution in [0.5, 0.6) is 0 Å². The first-order chi connectivity index (χ1) is 17.9. The summed E-state index contributed by atoms with van der Waals surface area (Å²) in [5, 5.41) is 26.0. The van der Waals surface area contributed by atoms with Gasteiger partial charge in [-0.25, -0.2) is 0 Å². The summed E-state index contributed by atoms with van der Waals surface area (Å²) in [4.78, 5) is 40.0. The molecule has 5 rings (SSSR count). The Morgan fingerprint density at radius 2 is 1.92 bits per heavy atom. The van der Waals surface area contributed by atoms with Gasteiger partial charge in [-0.05, 0) is 36.8 Å². The second-order valence-electron chi connectivity index (χ2n) is 11.7. The van der Waals surface area contributed by atoms with Crippen LogP contribution < -0.4 is 5.32 Å². The lowest BCUT2D eigenvalue weighted by Crippen LogP contribution is -2.62. The number of amides is 1. The fourth-order valence-electron chi connectivity index (χ4n) is 7.41. The molecule has 0 radical (unpaired) electrons. The highest BCUT2D eigenvalue weighted by molar-refractivity contribution is 5.91. The molecular weight excluding hydrogens is 486 g/mol. The van der Waals surface area contributed by atoms with E-state index in [4.69, 9.17) is 9.47 Å². The van der Waals surface area contributed by atoms with Crippen molar-refractivity contribution in [1.82, 2.24) is 5.32 Å². The first kappa shape index (κ1) is 26.8. The van der Waals surface area contributed by atoms with E-state index >= 15 is 0 Å². The van der Waals surface area contributed by atoms with Gasteiger partial charge in [0.2, 0.25) is 5.91 Å². The maximum absolute atomic E-state index is 14.3. The minimum atomic E-state index is -1.83. The third kappa shape index (κ3) is 3.96. The van der Waals surface area contributed by atoms with Crippen molar-refractivity contribution in [1.29, 1.82) is 0 Å². The van der Waals surface area contributed by atoms with E-state index in [0.29, 0.717) is 18.4 Å². The molecule has 1 spiro atoms. The Hall–Kier alpha value is -2.81. The SMILES string of the molecule is C=C1[C@@H](C)[C@H]2[C@H](Cc3ccccc3)NC(=O)[C@]23[C@H](OC(C)=O)[C@@H]2O[C@@H]2[C@@](C)(O)C(=O)[C@@H](C)C/C=C/[C@H]3[C@@H]1O. The van der Waals surface area contributed by atoms with Gasteiger partial charge in [0.1, 0.15) is 29.3 Å². The topological polar surface area (TPSA) is 125 Å². The Kier molecular flexibility index (Phi) is 6.65. The highest BCUT2D eigenvalue weighted by atomic mass is 16.6. The summed E-state index contributed by atoms with van der Waals surface area (Å²) in [5.74, 6) is -3.34. The van der Waals surface area contributed by atoms with Crippen LogP contribution in [0.3, 0.4) is 0 Å². The number of ether oxygens (including phenoxy) is 2. The smallest absolute Gasteiger partial charge is 0.303 e. The van der Waals surface area contributed by atoms with Crippen LogP contribution in [-0.4, -0.2) is 63.9 Å². The van der Waals surface area contributed by atoms with Crippen molar-refractivity contribution in [2.24, 2.45) is 29.1 Å². The molecule has 2 aliphatic heterocycles. The van der Waals surface area contributed by atoms with Crippen LogP contribution in [0.2, 0.25) is 0 Å². The van der Waals surface area contributed by atoms with Crippen LogP contribution in [0.15, 0.2) is 54.6 Å². The van der Waals surface area contributed by atoms with Gasteiger partial charge in [-0.2, -0.15) is 0 Å². The van der Waals surface area contributed by atoms with Crippen LogP contribution in [0.25, 0.3) is 0 Å². The number of carbonyl (C=O) groups excluding carboxylic acids is 3.